The number of halogens is 3. The van der Waals surface area contributed by atoms with Crippen molar-refractivity contribution in [3.05, 3.63) is 23.5 Å². The van der Waals surface area contributed by atoms with Gasteiger partial charge in [-0.05, 0) is 24.8 Å². The molecule has 1 fully saturated rings. The molecule has 1 aliphatic heterocycles. The van der Waals surface area contributed by atoms with Crippen molar-refractivity contribution in [2.24, 2.45) is 0 Å². The van der Waals surface area contributed by atoms with Crippen molar-refractivity contribution in [1.82, 2.24) is 4.72 Å². The summed E-state index contributed by atoms with van der Waals surface area (Å²) in [6.07, 6.45) is 1.95. The first-order valence-corrected chi connectivity index (χ1v) is 5.84. The molecule has 0 unspecified atom stereocenters. The molecular weight excluding hydrogens is 237 g/mol. The fourth-order valence-electron chi connectivity index (χ4n) is 1.88. The number of hydrogen-bond acceptors (Lipinski definition) is 3. The summed E-state index contributed by atoms with van der Waals surface area (Å²) < 4.78 is 43.1. The van der Waals surface area contributed by atoms with Crippen LogP contribution in [-0.4, -0.2) is 12.7 Å². The van der Waals surface area contributed by atoms with Gasteiger partial charge >= 0.3 is 0 Å². The molecule has 3 rings (SSSR count). The molecule has 1 aliphatic carbocycles. The maximum absolute atomic E-state index is 13.7. The van der Waals surface area contributed by atoms with E-state index < -0.39 is 17.5 Å². The Labute approximate surface area is 94.9 Å². The molecule has 0 atom stereocenters. The highest BCUT2D eigenvalue weighted by molar-refractivity contribution is 7.97. The highest BCUT2D eigenvalue weighted by Crippen LogP contribution is 2.42. The van der Waals surface area contributed by atoms with Crippen molar-refractivity contribution < 1.29 is 13.2 Å². The third kappa shape index (κ3) is 1.48. The van der Waals surface area contributed by atoms with E-state index in [2.05, 4.69) is 4.72 Å². The Kier molecular flexibility index (Phi) is 2.29. The first-order chi connectivity index (χ1) is 7.68. The molecule has 86 valence electrons. The smallest absolute Gasteiger partial charge is 0.175 e. The first kappa shape index (κ1) is 10.3. The maximum Gasteiger partial charge on any atom is 0.175 e. The zero-order chi connectivity index (χ0) is 11.3. The largest absolute Gasteiger partial charge is 0.352 e. The SMILES string of the molecule is Fc1cc(F)c2c(c1F)SNCN2C1CC1. The molecule has 0 spiro atoms. The Hall–Kier alpha value is -0.880. The van der Waals surface area contributed by atoms with Crippen LogP contribution in [0.5, 0.6) is 0 Å². The summed E-state index contributed by atoms with van der Waals surface area (Å²) in [6, 6.07) is 0.876. The lowest BCUT2D eigenvalue weighted by molar-refractivity contribution is 0.473. The van der Waals surface area contributed by atoms with Crippen LogP contribution in [0, 0.1) is 17.5 Å². The Morgan fingerprint density at radius 1 is 1.25 bits per heavy atom. The molecule has 0 aromatic heterocycles. The van der Waals surface area contributed by atoms with Gasteiger partial charge in [-0.1, -0.05) is 0 Å². The van der Waals surface area contributed by atoms with Crippen molar-refractivity contribution >= 4 is 17.6 Å². The van der Waals surface area contributed by atoms with Gasteiger partial charge in [0.05, 0.1) is 17.3 Å². The minimum Gasteiger partial charge on any atom is -0.352 e. The lowest BCUT2D eigenvalue weighted by atomic mass is 10.2. The third-order valence-electron chi connectivity index (χ3n) is 2.79. The summed E-state index contributed by atoms with van der Waals surface area (Å²) in [5.41, 5.74) is 0.199. The molecule has 1 heterocycles. The number of nitrogens with zero attached hydrogens (tertiary/aromatic N) is 1. The molecule has 0 radical (unpaired) electrons. The van der Waals surface area contributed by atoms with Crippen molar-refractivity contribution in [2.75, 3.05) is 11.6 Å². The van der Waals surface area contributed by atoms with E-state index in [1.807, 2.05) is 0 Å². The Morgan fingerprint density at radius 2 is 2.00 bits per heavy atom. The van der Waals surface area contributed by atoms with Gasteiger partial charge in [0, 0.05) is 12.1 Å². The summed E-state index contributed by atoms with van der Waals surface area (Å²) in [4.78, 5) is 1.79. The Morgan fingerprint density at radius 3 is 2.69 bits per heavy atom. The predicted molar refractivity (Wildman–Crippen MR) is 55.7 cm³/mol. The van der Waals surface area contributed by atoms with Crippen LogP contribution in [0.3, 0.4) is 0 Å². The lowest BCUT2D eigenvalue weighted by Crippen LogP contribution is -2.37. The third-order valence-corrected chi connectivity index (χ3v) is 3.64. The van der Waals surface area contributed by atoms with Crippen LogP contribution in [0.2, 0.25) is 0 Å². The molecule has 1 aromatic carbocycles. The van der Waals surface area contributed by atoms with Gasteiger partial charge < -0.3 is 4.90 Å². The van der Waals surface area contributed by atoms with Gasteiger partial charge in [-0.15, -0.1) is 0 Å². The minimum atomic E-state index is -1.14. The van der Waals surface area contributed by atoms with Crippen LogP contribution in [0.25, 0.3) is 0 Å². The topological polar surface area (TPSA) is 15.3 Å². The van der Waals surface area contributed by atoms with Gasteiger partial charge in [0.15, 0.2) is 17.5 Å². The van der Waals surface area contributed by atoms with E-state index in [4.69, 9.17) is 0 Å². The van der Waals surface area contributed by atoms with Gasteiger partial charge in [-0.25, -0.2) is 17.9 Å². The number of rotatable bonds is 1. The quantitative estimate of drug-likeness (QED) is 0.605. The van der Waals surface area contributed by atoms with E-state index in [1.165, 1.54) is 0 Å². The molecule has 0 amide bonds. The highest BCUT2D eigenvalue weighted by Gasteiger charge is 2.36. The molecule has 1 saturated carbocycles. The van der Waals surface area contributed by atoms with Gasteiger partial charge in [0.2, 0.25) is 0 Å². The number of hydrogen-bond donors (Lipinski definition) is 1. The highest BCUT2D eigenvalue weighted by atomic mass is 32.2. The second-order valence-corrected chi connectivity index (χ2v) is 4.84. The van der Waals surface area contributed by atoms with E-state index in [0.717, 1.165) is 24.8 Å². The summed E-state index contributed by atoms with van der Waals surface area (Å²) in [5.74, 6) is -2.79. The van der Waals surface area contributed by atoms with E-state index in [0.29, 0.717) is 12.7 Å². The van der Waals surface area contributed by atoms with Crippen LogP contribution in [0.15, 0.2) is 11.0 Å². The van der Waals surface area contributed by atoms with Gasteiger partial charge in [-0.2, -0.15) is 0 Å². The number of nitrogens with one attached hydrogen (secondary N) is 1. The maximum atomic E-state index is 13.7. The van der Waals surface area contributed by atoms with Gasteiger partial charge in [-0.3, -0.25) is 0 Å². The van der Waals surface area contributed by atoms with E-state index in [-0.39, 0.29) is 16.6 Å². The molecule has 6 heteroatoms. The lowest BCUT2D eigenvalue weighted by Gasteiger charge is -2.31. The molecule has 1 N–H and O–H groups in total. The second kappa shape index (κ2) is 3.56. The average molecular weight is 246 g/mol. The zero-order valence-electron chi connectivity index (χ0n) is 8.27. The molecule has 2 nitrogen and oxygen atoms in total. The van der Waals surface area contributed by atoms with Crippen molar-refractivity contribution in [1.29, 1.82) is 0 Å². The van der Waals surface area contributed by atoms with E-state index >= 15 is 0 Å². The van der Waals surface area contributed by atoms with Crippen LogP contribution in [-0.2, 0) is 0 Å². The molecule has 2 aliphatic rings. The van der Waals surface area contributed by atoms with Crippen LogP contribution < -0.4 is 9.62 Å². The summed E-state index contributed by atoms with van der Waals surface area (Å²) in [6.45, 7) is 0.463. The van der Waals surface area contributed by atoms with E-state index in [9.17, 15) is 13.2 Å². The first-order valence-electron chi connectivity index (χ1n) is 5.02. The standard InChI is InChI=1S/C10H9F3N2S/c11-6-3-7(12)9-10(8(6)13)16-14-4-15(9)5-1-2-5/h3,5,14H,1-2,4H2. The number of anilines is 1. The molecule has 0 bridgehead atoms. The minimum absolute atomic E-state index is 0.0238. The van der Waals surface area contributed by atoms with Crippen molar-refractivity contribution in [3.63, 3.8) is 0 Å². The summed E-state index contributed by atoms with van der Waals surface area (Å²) >= 11 is 0.946. The molecule has 16 heavy (non-hydrogen) atoms. The fraction of sp³-hybridized carbons (Fsp3) is 0.400. The fourth-order valence-corrected chi connectivity index (χ4v) is 2.72. The monoisotopic (exact) mass is 246 g/mol. The predicted octanol–water partition coefficient (Wildman–Crippen LogP) is 2.64. The second-order valence-electron chi connectivity index (χ2n) is 3.94. The summed E-state index contributed by atoms with van der Waals surface area (Å²) in [5, 5.41) is 0. The number of benzene rings is 1. The Bertz CT molecular complexity index is 448. The van der Waals surface area contributed by atoms with Crippen LogP contribution in [0.1, 0.15) is 12.8 Å². The van der Waals surface area contributed by atoms with Crippen LogP contribution >= 0.6 is 11.9 Å². The van der Waals surface area contributed by atoms with Crippen molar-refractivity contribution in [3.8, 4) is 0 Å². The molecular formula is C10H9F3N2S. The van der Waals surface area contributed by atoms with E-state index in [1.54, 1.807) is 4.90 Å². The average Bonchev–Trinajstić information content (AvgIpc) is 3.09. The van der Waals surface area contributed by atoms with Crippen LogP contribution in [0.4, 0.5) is 18.9 Å². The van der Waals surface area contributed by atoms with Gasteiger partial charge in [0.1, 0.15) is 0 Å². The zero-order valence-corrected chi connectivity index (χ0v) is 9.08. The van der Waals surface area contributed by atoms with Crippen molar-refractivity contribution in [2.45, 2.75) is 23.8 Å². The molecule has 1 aromatic rings. The summed E-state index contributed by atoms with van der Waals surface area (Å²) in [7, 11) is 0. The Balaban J connectivity index is 2.15. The normalized spacial score (nSPS) is 19.8. The molecule has 0 saturated heterocycles. The number of fused-ring (bicyclic) bond motifs is 1. The van der Waals surface area contributed by atoms with Gasteiger partial charge in [0.25, 0.3) is 0 Å².